The standard InChI is InChI=1S/C11H15FN2O2/c1-16-10-3-2-9(12)6-8(10)7-14-11(15)4-5-13/h2-3,6H,4-5,7,13H2,1H3,(H,14,15). The van der Waals surface area contributed by atoms with E-state index in [9.17, 15) is 9.18 Å². The fraction of sp³-hybridized carbons (Fsp3) is 0.364. The molecule has 3 N–H and O–H groups in total. The molecule has 0 saturated carbocycles. The van der Waals surface area contributed by atoms with E-state index in [1.807, 2.05) is 0 Å². The topological polar surface area (TPSA) is 64.3 Å². The molecule has 0 saturated heterocycles. The SMILES string of the molecule is COc1ccc(F)cc1CNC(=O)CCN. The Morgan fingerprint density at radius 2 is 2.31 bits per heavy atom. The Labute approximate surface area is 93.6 Å². The molecule has 5 heteroatoms. The number of ether oxygens (including phenoxy) is 1. The Morgan fingerprint density at radius 1 is 1.56 bits per heavy atom. The summed E-state index contributed by atoms with van der Waals surface area (Å²) in [5.41, 5.74) is 5.84. The van der Waals surface area contributed by atoms with Gasteiger partial charge in [0.1, 0.15) is 11.6 Å². The summed E-state index contributed by atoms with van der Waals surface area (Å²) in [6.45, 7) is 0.534. The van der Waals surface area contributed by atoms with Gasteiger partial charge in [-0.2, -0.15) is 0 Å². The van der Waals surface area contributed by atoms with Crippen LogP contribution in [-0.4, -0.2) is 19.6 Å². The molecule has 1 rings (SSSR count). The zero-order valence-corrected chi connectivity index (χ0v) is 9.13. The fourth-order valence-corrected chi connectivity index (χ4v) is 1.30. The monoisotopic (exact) mass is 226 g/mol. The van der Waals surface area contributed by atoms with Gasteiger partial charge in [-0.05, 0) is 18.2 Å². The zero-order valence-electron chi connectivity index (χ0n) is 9.13. The van der Waals surface area contributed by atoms with E-state index in [4.69, 9.17) is 10.5 Å². The molecule has 0 aliphatic carbocycles. The molecular weight excluding hydrogens is 211 g/mol. The molecule has 1 aromatic rings. The first-order valence-electron chi connectivity index (χ1n) is 4.96. The molecular formula is C11H15FN2O2. The molecule has 0 fully saturated rings. The normalized spacial score (nSPS) is 9.94. The first-order chi connectivity index (χ1) is 7.67. The summed E-state index contributed by atoms with van der Waals surface area (Å²) in [7, 11) is 1.50. The maximum Gasteiger partial charge on any atom is 0.221 e. The van der Waals surface area contributed by atoms with Crippen LogP contribution in [0.2, 0.25) is 0 Å². The zero-order chi connectivity index (χ0) is 12.0. The molecule has 0 bridgehead atoms. The van der Waals surface area contributed by atoms with Crippen molar-refractivity contribution in [1.82, 2.24) is 5.32 Å². The Bertz CT molecular complexity index is 369. The van der Waals surface area contributed by atoms with E-state index in [0.717, 1.165) is 0 Å². The van der Waals surface area contributed by atoms with Crippen molar-refractivity contribution >= 4 is 5.91 Å². The molecule has 0 aromatic heterocycles. The molecule has 4 nitrogen and oxygen atoms in total. The number of benzene rings is 1. The second kappa shape index (κ2) is 6.07. The maximum atomic E-state index is 13.0. The molecule has 1 aromatic carbocycles. The van der Waals surface area contributed by atoms with E-state index in [1.54, 1.807) is 0 Å². The fourth-order valence-electron chi connectivity index (χ4n) is 1.30. The first kappa shape index (κ1) is 12.4. The van der Waals surface area contributed by atoms with Crippen molar-refractivity contribution in [3.63, 3.8) is 0 Å². The van der Waals surface area contributed by atoms with Crippen molar-refractivity contribution in [2.45, 2.75) is 13.0 Å². The molecule has 0 unspecified atom stereocenters. The molecule has 16 heavy (non-hydrogen) atoms. The lowest BCUT2D eigenvalue weighted by Crippen LogP contribution is -2.25. The van der Waals surface area contributed by atoms with Crippen molar-refractivity contribution < 1.29 is 13.9 Å². The van der Waals surface area contributed by atoms with Crippen LogP contribution in [0.1, 0.15) is 12.0 Å². The lowest BCUT2D eigenvalue weighted by molar-refractivity contribution is -0.121. The number of rotatable bonds is 5. The predicted octanol–water partition coefficient (Wildman–Crippen LogP) is 0.799. The molecule has 88 valence electrons. The Morgan fingerprint density at radius 3 is 2.94 bits per heavy atom. The highest BCUT2D eigenvalue weighted by atomic mass is 19.1. The first-order valence-corrected chi connectivity index (χ1v) is 4.96. The molecule has 0 heterocycles. The van der Waals surface area contributed by atoms with Crippen molar-refractivity contribution in [1.29, 1.82) is 0 Å². The van der Waals surface area contributed by atoms with Crippen LogP contribution >= 0.6 is 0 Å². The third kappa shape index (κ3) is 3.51. The Hall–Kier alpha value is -1.62. The van der Waals surface area contributed by atoms with Crippen molar-refractivity contribution in [2.24, 2.45) is 5.73 Å². The van der Waals surface area contributed by atoms with Crippen LogP contribution in [0.4, 0.5) is 4.39 Å². The van der Waals surface area contributed by atoms with Gasteiger partial charge in [0.2, 0.25) is 5.91 Å². The molecule has 0 spiro atoms. The van der Waals surface area contributed by atoms with Crippen LogP contribution in [0, 0.1) is 5.82 Å². The average molecular weight is 226 g/mol. The van der Waals surface area contributed by atoms with Gasteiger partial charge in [-0.25, -0.2) is 4.39 Å². The number of amides is 1. The van der Waals surface area contributed by atoms with Crippen molar-refractivity contribution in [2.75, 3.05) is 13.7 Å². The largest absolute Gasteiger partial charge is 0.496 e. The van der Waals surface area contributed by atoms with E-state index >= 15 is 0 Å². The lowest BCUT2D eigenvalue weighted by atomic mass is 10.2. The number of carbonyl (C=O) groups is 1. The number of nitrogens with one attached hydrogen (secondary N) is 1. The number of hydrogen-bond donors (Lipinski definition) is 2. The summed E-state index contributed by atoms with van der Waals surface area (Å²) < 4.78 is 18.0. The van der Waals surface area contributed by atoms with Crippen LogP contribution in [-0.2, 0) is 11.3 Å². The van der Waals surface area contributed by atoms with Gasteiger partial charge >= 0.3 is 0 Å². The summed E-state index contributed by atoms with van der Waals surface area (Å²) in [5.74, 6) is 0.0344. The molecule has 0 aliphatic rings. The minimum absolute atomic E-state index is 0.159. The van der Waals surface area contributed by atoms with Gasteiger partial charge in [0.25, 0.3) is 0 Å². The number of carbonyl (C=O) groups excluding carboxylic acids is 1. The van der Waals surface area contributed by atoms with Gasteiger partial charge in [0.15, 0.2) is 0 Å². The third-order valence-electron chi connectivity index (χ3n) is 2.09. The lowest BCUT2D eigenvalue weighted by Gasteiger charge is -2.09. The number of methoxy groups -OCH3 is 1. The average Bonchev–Trinajstić information content (AvgIpc) is 2.27. The maximum absolute atomic E-state index is 13.0. The number of halogens is 1. The molecule has 0 aliphatic heterocycles. The molecule has 0 radical (unpaired) electrons. The number of nitrogens with two attached hydrogens (primary N) is 1. The van der Waals surface area contributed by atoms with Gasteiger partial charge in [-0.3, -0.25) is 4.79 Å². The highest BCUT2D eigenvalue weighted by Gasteiger charge is 2.06. The highest BCUT2D eigenvalue weighted by Crippen LogP contribution is 2.18. The van der Waals surface area contributed by atoms with Crippen LogP contribution < -0.4 is 15.8 Å². The predicted molar refractivity (Wildman–Crippen MR) is 58.5 cm³/mol. The van der Waals surface area contributed by atoms with E-state index in [2.05, 4.69) is 5.32 Å². The van der Waals surface area contributed by atoms with Crippen molar-refractivity contribution in [3.8, 4) is 5.75 Å². The summed E-state index contributed by atoms with van der Waals surface area (Å²) in [4.78, 5) is 11.2. The van der Waals surface area contributed by atoms with Gasteiger partial charge in [0, 0.05) is 25.1 Å². The van der Waals surface area contributed by atoms with Gasteiger partial charge in [-0.15, -0.1) is 0 Å². The smallest absolute Gasteiger partial charge is 0.221 e. The second-order valence-electron chi connectivity index (χ2n) is 3.27. The van der Waals surface area contributed by atoms with Gasteiger partial charge < -0.3 is 15.8 Å². The van der Waals surface area contributed by atoms with Crippen LogP contribution in [0.15, 0.2) is 18.2 Å². The quantitative estimate of drug-likeness (QED) is 0.780. The van der Waals surface area contributed by atoms with E-state index in [0.29, 0.717) is 17.9 Å². The minimum Gasteiger partial charge on any atom is -0.496 e. The molecule has 1 amide bonds. The summed E-state index contributed by atoms with van der Waals surface area (Å²) in [5, 5.41) is 2.64. The van der Waals surface area contributed by atoms with Gasteiger partial charge in [-0.1, -0.05) is 0 Å². The summed E-state index contributed by atoms with van der Waals surface area (Å²) in [6.07, 6.45) is 0.262. The van der Waals surface area contributed by atoms with Crippen LogP contribution in [0.25, 0.3) is 0 Å². The highest BCUT2D eigenvalue weighted by molar-refractivity contribution is 5.76. The summed E-state index contributed by atoms with van der Waals surface area (Å²) >= 11 is 0. The van der Waals surface area contributed by atoms with E-state index in [1.165, 1.54) is 25.3 Å². The van der Waals surface area contributed by atoms with Crippen molar-refractivity contribution in [3.05, 3.63) is 29.6 Å². The Balaban J connectivity index is 2.65. The van der Waals surface area contributed by atoms with Crippen LogP contribution in [0.5, 0.6) is 5.75 Å². The Kier molecular flexibility index (Phi) is 4.72. The van der Waals surface area contributed by atoms with Crippen LogP contribution in [0.3, 0.4) is 0 Å². The van der Waals surface area contributed by atoms with E-state index in [-0.39, 0.29) is 24.7 Å². The minimum atomic E-state index is -0.358. The summed E-state index contributed by atoms with van der Waals surface area (Å²) in [6, 6.07) is 4.17. The van der Waals surface area contributed by atoms with E-state index < -0.39 is 0 Å². The van der Waals surface area contributed by atoms with Gasteiger partial charge in [0.05, 0.1) is 7.11 Å². The third-order valence-corrected chi connectivity index (χ3v) is 2.09. The number of hydrogen-bond acceptors (Lipinski definition) is 3. The second-order valence-corrected chi connectivity index (χ2v) is 3.27. The molecule has 0 atom stereocenters.